The van der Waals surface area contributed by atoms with Crippen LogP contribution in [0.2, 0.25) is 0 Å². The van der Waals surface area contributed by atoms with Gasteiger partial charge in [-0.1, -0.05) is 6.07 Å². The van der Waals surface area contributed by atoms with Gasteiger partial charge in [0, 0.05) is 30.4 Å². The van der Waals surface area contributed by atoms with Crippen molar-refractivity contribution in [1.82, 2.24) is 9.88 Å². The second kappa shape index (κ2) is 7.00. The average molecular weight is 299 g/mol. The minimum absolute atomic E-state index is 0.0182. The van der Waals surface area contributed by atoms with Gasteiger partial charge in [-0.15, -0.1) is 11.3 Å². The number of nitrogens with zero attached hydrogens (tertiary/aromatic N) is 3. The molecule has 21 heavy (non-hydrogen) atoms. The Kier molecular flexibility index (Phi) is 5.07. The van der Waals surface area contributed by atoms with E-state index in [1.807, 2.05) is 32.0 Å². The van der Waals surface area contributed by atoms with Gasteiger partial charge in [0.15, 0.2) is 0 Å². The summed E-state index contributed by atoms with van der Waals surface area (Å²) in [5.74, 6) is -0.0182. The van der Waals surface area contributed by atoms with E-state index in [4.69, 9.17) is 5.26 Å². The van der Waals surface area contributed by atoms with Crippen LogP contribution < -0.4 is 0 Å². The molecule has 4 nitrogen and oxygen atoms in total. The Morgan fingerprint density at radius 1 is 1.48 bits per heavy atom. The molecule has 2 rings (SSSR count). The average Bonchev–Trinajstić information content (AvgIpc) is 2.83. The number of thiophene rings is 1. The molecule has 0 aliphatic carbocycles. The molecule has 0 spiro atoms. The molecule has 2 aromatic heterocycles. The number of hydrogen-bond donors (Lipinski definition) is 0. The van der Waals surface area contributed by atoms with Crippen LogP contribution in [0.1, 0.15) is 32.1 Å². The van der Waals surface area contributed by atoms with Gasteiger partial charge in [0.2, 0.25) is 0 Å². The highest BCUT2D eigenvalue weighted by atomic mass is 32.1. The van der Waals surface area contributed by atoms with Gasteiger partial charge in [-0.05, 0) is 37.1 Å². The third-order valence-corrected chi connectivity index (χ3v) is 4.39. The zero-order valence-corrected chi connectivity index (χ0v) is 13.0. The number of rotatable bonds is 5. The number of amides is 1. The minimum Gasteiger partial charge on any atom is -0.333 e. The molecule has 0 N–H and O–H groups in total. The van der Waals surface area contributed by atoms with Crippen molar-refractivity contribution in [2.24, 2.45) is 0 Å². The van der Waals surface area contributed by atoms with Crippen molar-refractivity contribution >= 4 is 17.2 Å². The molecular weight excluding hydrogens is 282 g/mol. The summed E-state index contributed by atoms with van der Waals surface area (Å²) >= 11 is 1.51. The zero-order chi connectivity index (χ0) is 15.2. The highest BCUT2D eigenvalue weighted by molar-refractivity contribution is 7.14. The molecule has 0 aromatic carbocycles. The first-order valence-corrected chi connectivity index (χ1v) is 7.55. The topological polar surface area (TPSA) is 57.0 Å². The first-order valence-electron chi connectivity index (χ1n) is 6.74. The molecule has 0 atom stereocenters. The normalized spacial score (nSPS) is 10.1. The number of aryl methyl sites for hydroxylation is 2. The summed E-state index contributed by atoms with van der Waals surface area (Å²) in [7, 11) is 0. The summed E-state index contributed by atoms with van der Waals surface area (Å²) in [4.78, 5) is 20.3. The number of aromatic nitrogens is 1. The van der Waals surface area contributed by atoms with Gasteiger partial charge in [0.25, 0.3) is 5.91 Å². The summed E-state index contributed by atoms with van der Waals surface area (Å²) in [5.41, 5.74) is 2.10. The third kappa shape index (κ3) is 3.89. The Bertz CT molecular complexity index is 638. The van der Waals surface area contributed by atoms with Crippen LogP contribution in [0, 0.1) is 25.2 Å². The third-order valence-electron chi connectivity index (χ3n) is 3.25. The second-order valence-corrected chi connectivity index (χ2v) is 6.10. The molecule has 0 fully saturated rings. The summed E-state index contributed by atoms with van der Waals surface area (Å²) in [6.45, 7) is 4.92. The summed E-state index contributed by atoms with van der Waals surface area (Å²) in [5, 5.41) is 8.78. The number of carbonyl (C=O) groups is 1. The van der Waals surface area contributed by atoms with Crippen LogP contribution in [0.25, 0.3) is 0 Å². The van der Waals surface area contributed by atoms with Crippen molar-refractivity contribution in [3.05, 3.63) is 51.5 Å². The summed E-state index contributed by atoms with van der Waals surface area (Å²) < 4.78 is 0. The Morgan fingerprint density at radius 3 is 2.86 bits per heavy atom. The maximum absolute atomic E-state index is 12.6. The standard InChI is InChI=1S/C16H17N3OS/c1-12-9-15(21-13(12)2)16(20)19(8-4-6-17)11-14-5-3-7-18-10-14/h3,5,7,9-10H,4,8,11H2,1-2H3. The molecule has 0 unspecified atom stereocenters. The van der Waals surface area contributed by atoms with Crippen LogP contribution in [0.4, 0.5) is 0 Å². The molecule has 0 radical (unpaired) electrons. The Hall–Kier alpha value is -2.19. The molecule has 1 amide bonds. The molecule has 2 aromatic rings. The van der Waals surface area contributed by atoms with Crippen LogP contribution >= 0.6 is 11.3 Å². The van der Waals surface area contributed by atoms with E-state index in [0.717, 1.165) is 20.9 Å². The number of hydrogen-bond acceptors (Lipinski definition) is 4. The minimum atomic E-state index is -0.0182. The summed E-state index contributed by atoms with van der Waals surface area (Å²) in [6, 6.07) is 7.81. The molecular formula is C16H17N3OS. The van der Waals surface area contributed by atoms with Gasteiger partial charge in [-0.25, -0.2) is 0 Å². The SMILES string of the molecule is Cc1cc(C(=O)N(CCC#N)Cc2cccnc2)sc1C. The largest absolute Gasteiger partial charge is 0.333 e. The van der Waals surface area contributed by atoms with Gasteiger partial charge >= 0.3 is 0 Å². The molecule has 0 saturated carbocycles. The van der Waals surface area contributed by atoms with Gasteiger partial charge in [0.05, 0.1) is 17.4 Å². The Morgan fingerprint density at radius 2 is 2.29 bits per heavy atom. The quantitative estimate of drug-likeness (QED) is 0.851. The molecule has 108 valence electrons. The van der Waals surface area contributed by atoms with Crippen LogP contribution in [0.3, 0.4) is 0 Å². The predicted octanol–water partition coefficient (Wildman–Crippen LogP) is 3.32. The fraction of sp³-hybridized carbons (Fsp3) is 0.312. The lowest BCUT2D eigenvalue weighted by atomic mass is 10.2. The highest BCUT2D eigenvalue weighted by Gasteiger charge is 2.18. The lowest BCUT2D eigenvalue weighted by Crippen LogP contribution is -2.30. The smallest absolute Gasteiger partial charge is 0.264 e. The fourth-order valence-electron chi connectivity index (χ4n) is 1.98. The van der Waals surface area contributed by atoms with Crippen molar-refractivity contribution in [3.63, 3.8) is 0 Å². The van der Waals surface area contributed by atoms with Crippen LogP contribution in [0.5, 0.6) is 0 Å². The number of carbonyl (C=O) groups excluding carboxylic acids is 1. The van der Waals surface area contributed by atoms with Crippen molar-refractivity contribution in [2.75, 3.05) is 6.54 Å². The van der Waals surface area contributed by atoms with Crippen LogP contribution in [0.15, 0.2) is 30.6 Å². The molecule has 0 bridgehead atoms. The van der Waals surface area contributed by atoms with E-state index >= 15 is 0 Å². The van der Waals surface area contributed by atoms with E-state index in [9.17, 15) is 4.79 Å². The maximum Gasteiger partial charge on any atom is 0.264 e. The van der Waals surface area contributed by atoms with Crippen molar-refractivity contribution in [2.45, 2.75) is 26.8 Å². The van der Waals surface area contributed by atoms with Gasteiger partial charge in [-0.3, -0.25) is 9.78 Å². The van der Waals surface area contributed by atoms with E-state index in [2.05, 4.69) is 11.1 Å². The van der Waals surface area contributed by atoms with Gasteiger partial charge < -0.3 is 4.90 Å². The Balaban J connectivity index is 2.19. The monoisotopic (exact) mass is 299 g/mol. The molecule has 5 heteroatoms. The van der Waals surface area contributed by atoms with Crippen LogP contribution in [-0.4, -0.2) is 22.3 Å². The van der Waals surface area contributed by atoms with E-state index < -0.39 is 0 Å². The van der Waals surface area contributed by atoms with E-state index in [1.165, 1.54) is 11.3 Å². The Labute approximate surface area is 128 Å². The molecule has 2 heterocycles. The fourth-order valence-corrected chi connectivity index (χ4v) is 2.99. The second-order valence-electron chi connectivity index (χ2n) is 4.85. The first kappa shape index (κ1) is 15.2. The van der Waals surface area contributed by atoms with Gasteiger partial charge in [0.1, 0.15) is 0 Å². The van der Waals surface area contributed by atoms with E-state index in [1.54, 1.807) is 17.3 Å². The van der Waals surface area contributed by atoms with Crippen molar-refractivity contribution in [3.8, 4) is 6.07 Å². The predicted molar refractivity (Wildman–Crippen MR) is 83.0 cm³/mol. The first-order chi connectivity index (χ1) is 10.1. The summed E-state index contributed by atoms with van der Waals surface area (Å²) in [6.07, 6.45) is 3.78. The van der Waals surface area contributed by atoms with Crippen molar-refractivity contribution in [1.29, 1.82) is 5.26 Å². The lowest BCUT2D eigenvalue weighted by Gasteiger charge is -2.20. The number of pyridine rings is 1. The van der Waals surface area contributed by atoms with Crippen molar-refractivity contribution < 1.29 is 4.79 Å². The maximum atomic E-state index is 12.6. The molecule has 0 aliphatic rings. The van der Waals surface area contributed by atoms with E-state index in [0.29, 0.717) is 19.5 Å². The number of nitriles is 1. The molecule has 0 saturated heterocycles. The zero-order valence-electron chi connectivity index (χ0n) is 12.2. The molecule has 0 aliphatic heterocycles. The highest BCUT2D eigenvalue weighted by Crippen LogP contribution is 2.22. The van der Waals surface area contributed by atoms with E-state index in [-0.39, 0.29) is 5.91 Å². The van der Waals surface area contributed by atoms with Crippen LogP contribution in [-0.2, 0) is 6.54 Å². The lowest BCUT2D eigenvalue weighted by molar-refractivity contribution is 0.0751. The van der Waals surface area contributed by atoms with Gasteiger partial charge in [-0.2, -0.15) is 5.26 Å².